The van der Waals surface area contributed by atoms with Gasteiger partial charge in [-0.3, -0.25) is 14.6 Å². The van der Waals surface area contributed by atoms with Crippen LogP contribution in [0, 0.1) is 0 Å². The quantitative estimate of drug-likeness (QED) is 0.397. The Kier molecular flexibility index (Phi) is 8.68. The van der Waals surface area contributed by atoms with Crippen molar-refractivity contribution in [2.24, 2.45) is 0 Å². The lowest BCUT2D eigenvalue weighted by molar-refractivity contribution is -0.139. The number of halogens is 1. The molecule has 0 saturated carbocycles. The molecule has 0 spiro atoms. The summed E-state index contributed by atoms with van der Waals surface area (Å²) in [6, 6.07) is 9.73. The van der Waals surface area contributed by atoms with Gasteiger partial charge >= 0.3 is 12.0 Å². The minimum absolute atomic E-state index is 0.0294. The van der Waals surface area contributed by atoms with Gasteiger partial charge in [-0.1, -0.05) is 35.9 Å². The van der Waals surface area contributed by atoms with E-state index in [4.69, 9.17) is 16.3 Å². The second kappa shape index (κ2) is 11.9. The van der Waals surface area contributed by atoms with Crippen molar-refractivity contribution in [1.29, 1.82) is 0 Å². The average molecular weight is 543 g/mol. The highest BCUT2D eigenvalue weighted by molar-refractivity contribution is 7.12. The zero-order chi connectivity index (χ0) is 26.5. The van der Waals surface area contributed by atoms with Crippen molar-refractivity contribution in [3.63, 3.8) is 0 Å². The molecule has 2 aliphatic heterocycles. The third kappa shape index (κ3) is 5.89. The summed E-state index contributed by atoms with van der Waals surface area (Å²) >= 11 is 7.52. The highest BCUT2D eigenvalue weighted by atomic mass is 35.5. The Balaban J connectivity index is 1.66. The second-order valence-electron chi connectivity index (χ2n) is 8.97. The monoisotopic (exact) mass is 542 g/mol. The lowest BCUT2D eigenvalue weighted by Crippen LogP contribution is -2.56. The molecule has 2 atom stereocenters. The van der Waals surface area contributed by atoms with E-state index in [2.05, 4.69) is 16.8 Å². The van der Waals surface area contributed by atoms with Crippen LogP contribution in [-0.4, -0.2) is 78.0 Å². The molecule has 196 valence electrons. The summed E-state index contributed by atoms with van der Waals surface area (Å²) in [5, 5.41) is 5.42. The minimum atomic E-state index is -0.681. The van der Waals surface area contributed by atoms with E-state index >= 15 is 0 Å². The number of benzene rings is 1. The molecule has 3 heterocycles. The number of hydrogen-bond acceptors (Lipinski definition) is 6. The number of piperazine rings is 1. The Morgan fingerprint density at radius 1 is 1.24 bits per heavy atom. The average Bonchev–Trinajstić information content (AvgIpc) is 3.41. The van der Waals surface area contributed by atoms with Crippen molar-refractivity contribution in [3.05, 3.63) is 81.2 Å². The maximum atomic E-state index is 13.3. The van der Waals surface area contributed by atoms with Crippen LogP contribution < -0.4 is 5.32 Å². The van der Waals surface area contributed by atoms with Crippen molar-refractivity contribution in [3.8, 4) is 0 Å². The smallest absolute Gasteiger partial charge is 0.338 e. The van der Waals surface area contributed by atoms with Gasteiger partial charge in [0.15, 0.2) is 0 Å². The summed E-state index contributed by atoms with van der Waals surface area (Å²) in [5.41, 5.74) is 1.69. The summed E-state index contributed by atoms with van der Waals surface area (Å²) in [6.45, 7) is 10.1. The van der Waals surface area contributed by atoms with Crippen LogP contribution in [0.15, 0.2) is 65.7 Å². The number of carbonyl (C=O) groups is 3. The SMILES string of the molecule is C=CCN1C(=O)N[C@H](c2ccc(Cl)cc2)C(C(=O)OCC)=C1CN1CCN(C(=O)c2cccs2)[C@H](C)C1. The van der Waals surface area contributed by atoms with E-state index in [-0.39, 0.29) is 31.1 Å². The number of thiophene rings is 1. The Hall–Kier alpha value is -3.14. The third-order valence-electron chi connectivity index (χ3n) is 6.53. The Morgan fingerprint density at radius 3 is 2.62 bits per heavy atom. The van der Waals surface area contributed by atoms with Gasteiger partial charge in [0.2, 0.25) is 0 Å². The first kappa shape index (κ1) is 26.9. The molecule has 1 saturated heterocycles. The van der Waals surface area contributed by atoms with Crippen molar-refractivity contribution >= 4 is 40.8 Å². The van der Waals surface area contributed by atoms with Crippen LogP contribution >= 0.6 is 22.9 Å². The number of nitrogens with one attached hydrogen (secondary N) is 1. The molecule has 1 aromatic heterocycles. The van der Waals surface area contributed by atoms with Crippen LogP contribution in [-0.2, 0) is 9.53 Å². The molecule has 3 amide bonds. The number of hydrogen-bond donors (Lipinski definition) is 1. The first-order valence-electron chi connectivity index (χ1n) is 12.2. The summed E-state index contributed by atoms with van der Waals surface area (Å²) in [6.07, 6.45) is 1.63. The Morgan fingerprint density at radius 2 is 2.00 bits per heavy atom. The molecule has 0 bridgehead atoms. The van der Waals surface area contributed by atoms with Crippen LogP contribution in [0.25, 0.3) is 0 Å². The topological polar surface area (TPSA) is 82.2 Å². The largest absolute Gasteiger partial charge is 0.463 e. The molecule has 4 rings (SSSR count). The number of ether oxygens (including phenoxy) is 1. The number of rotatable bonds is 8. The zero-order valence-corrected chi connectivity index (χ0v) is 22.6. The minimum Gasteiger partial charge on any atom is -0.463 e. The van der Waals surface area contributed by atoms with Gasteiger partial charge in [0, 0.05) is 49.5 Å². The molecule has 2 aromatic rings. The lowest BCUT2D eigenvalue weighted by Gasteiger charge is -2.42. The van der Waals surface area contributed by atoms with Crippen molar-refractivity contribution < 1.29 is 19.1 Å². The van der Waals surface area contributed by atoms with E-state index in [1.165, 1.54) is 11.3 Å². The van der Waals surface area contributed by atoms with Gasteiger partial charge in [-0.2, -0.15) is 0 Å². The van der Waals surface area contributed by atoms with Crippen LogP contribution in [0.4, 0.5) is 4.79 Å². The molecule has 0 radical (unpaired) electrons. The van der Waals surface area contributed by atoms with Crippen molar-refractivity contribution in [2.75, 3.05) is 39.3 Å². The molecule has 0 aliphatic carbocycles. The van der Waals surface area contributed by atoms with Crippen molar-refractivity contribution in [2.45, 2.75) is 25.9 Å². The number of esters is 1. The van der Waals surface area contributed by atoms with Crippen LogP contribution in [0.3, 0.4) is 0 Å². The van der Waals surface area contributed by atoms with Crippen molar-refractivity contribution in [1.82, 2.24) is 20.0 Å². The molecule has 1 fully saturated rings. The van der Waals surface area contributed by atoms with E-state index in [1.54, 1.807) is 42.2 Å². The molecule has 10 heteroatoms. The van der Waals surface area contributed by atoms with Gasteiger partial charge in [-0.25, -0.2) is 9.59 Å². The van der Waals surface area contributed by atoms with E-state index in [1.807, 2.05) is 29.3 Å². The van der Waals surface area contributed by atoms with Gasteiger partial charge in [0.05, 0.1) is 23.1 Å². The number of urea groups is 1. The van der Waals surface area contributed by atoms with E-state index < -0.39 is 12.0 Å². The highest BCUT2D eigenvalue weighted by Gasteiger charge is 2.39. The zero-order valence-electron chi connectivity index (χ0n) is 21.0. The van der Waals surface area contributed by atoms with Gasteiger partial charge in [0.1, 0.15) is 0 Å². The third-order valence-corrected chi connectivity index (χ3v) is 7.64. The molecule has 1 aromatic carbocycles. The van der Waals surface area contributed by atoms with Crippen LogP contribution in [0.5, 0.6) is 0 Å². The summed E-state index contributed by atoms with van der Waals surface area (Å²) in [7, 11) is 0. The molecule has 2 aliphatic rings. The molecule has 1 N–H and O–H groups in total. The first-order valence-corrected chi connectivity index (χ1v) is 13.5. The highest BCUT2D eigenvalue weighted by Crippen LogP contribution is 2.33. The Labute approximate surface area is 226 Å². The molecule has 0 unspecified atom stereocenters. The van der Waals surface area contributed by atoms with Gasteiger partial charge in [-0.15, -0.1) is 17.9 Å². The molecule has 8 nitrogen and oxygen atoms in total. The predicted molar refractivity (Wildman–Crippen MR) is 145 cm³/mol. The fraction of sp³-hybridized carbons (Fsp3) is 0.370. The maximum Gasteiger partial charge on any atom is 0.338 e. The number of amides is 3. The summed E-state index contributed by atoms with van der Waals surface area (Å²) < 4.78 is 5.45. The Bertz CT molecular complexity index is 1180. The van der Waals surface area contributed by atoms with E-state index in [0.29, 0.717) is 42.5 Å². The maximum absolute atomic E-state index is 13.3. The molecular formula is C27H31ClN4O4S. The lowest BCUT2D eigenvalue weighted by atomic mass is 9.94. The summed E-state index contributed by atoms with van der Waals surface area (Å²) in [5.74, 6) is -0.451. The fourth-order valence-electron chi connectivity index (χ4n) is 4.78. The summed E-state index contributed by atoms with van der Waals surface area (Å²) in [4.78, 5) is 45.8. The fourth-order valence-corrected chi connectivity index (χ4v) is 5.59. The molecule has 37 heavy (non-hydrogen) atoms. The number of carbonyl (C=O) groups excluding carboxylic acids is 3. The predicted octanol–water partition coefficient (Wildman–Crippen LogP) is 4.32. The number of nitrogens with zero attached hydrogens (tertiary/aromatic N) is 3. The first-order chi connectivity index (χ1) is 17.8. The van der Waals surface area contributed by atoms with Gasteiger partial charge < -0.3 is 15.0 Å². The standard InChI is InChI=1S/C27H31ClN4O4S/c1-4-12-32-21(17-30-13-14-31(18(3)16-30)25(33)22-7-6-15-37-22)23(26(34)36-5-2)24(29-27(32)35)19-8-10-20(28)11-9-19/h4,6-11,15,18,24H,1,5,12-14,16-17H2,2-3H3,(H,29,35)/t18-,24-/m1/s1. The van der Waals surface area contributed by atoms with E-state index in [0.717, 1.165) is 10.4 Å². The van der Waals surface area contributed by atoms with Crippen LogP contribution in [0.1, 0.15) is 35.1 Å². The van der Waals surface area contributed by atoms with Gasteiger partial charge in [0.25, 0.3) is 5.91 Å². The van der Waals surface area contributed by atoms with Crippen LogP contribution in [0.2, 0.25) is 5.02 Å². The second-order valence-corrected chi connectivity index (χ2v) is 10.4. The molecular weight excluding hydrogens is 512 g/mol. The van der Waals surface area contributed by atoms with E-state index in [9.17, 15) is 14.4 Å². The normalized spacial score (nSPS) is 20.6. The van der Waals surface area contributed by atoms with Gasteiger partial charge in [-0.05, 0) is 43.0 Å².